The second-order valence-electron chi connectivity index (χ2n) is 7.13. The van der Waals surface area contributed by atoms with Crippen LogP contribution in [0.5, 0.6) is 5.75 Å². The second kappa shape index (κ2) is 7.09. The molecule has 1 N–H and O–H groups in total. The predicted octanol–water partition coefficient (Wildman–Crippen LogP) is 1.49. The first kappa shape index (κ1) is 17.1. The van der Waals surface area contributed by atoms with Crippen molar-refractivity contribution in [1.29, 1.82) is 0 Å². The average molecular weight is 356 g/mol. The van der Waals surface area contributed by atoms with Crippen molar-refractivity contribution >= 4 is 5.91 Å². The van der Waals surface area contributed by atoms with Crippen molar-refractivity contribution in [1.82, 2.24) is 20.0 Å². The van der Waals surface area contributed by atoms with Crippen molar-refractivity contribution < 1.29 is 14.3 Å². The van der Waals surface area contributed by atoms with E-state index in [-0.39, 0.29) is 11.9 Å². The molecule has 2 bridgehead atoms. The summed E-state index contributed by atoms with van der Waals surface area (Å²) in [7, 11) is 3.75. The molecule has 2 fully saturated rings. The zero-order valence-electron chi connectivity index (χ0n) is 15.1. The Kier molecular flexibility index (Phi) is 4.65. The number of aromatic amines is 1. The van der Waals surface area contributed by atoms with Crippen LogP contribution >= 0.6 is 0 Å². The Morgan fingerprint density at radius 1 is 1.23 bits per heavy atom. The van der Waals surface area contributed by atoms with Crippen LogP contribution < -0.4 is 4.74 Å². The minimum Gasteiger partial charge on any atom is -0.497 e. The molecule has 1 amide bonds. The number of aromatic nitrogens is 2. The number of hydrogen-bond acceptors (Lipinski definition) is 5. The maximum absolute atomic E-state index is 13.1. The van der Waals surface area contributed by atoms with Crippen molar-refractivity contribution in [2.75, 3.05) is 47.0 Å². The number of hydrogen-bond donors (Lipinski definition) is 1. The van der Waals surface area contributed by atoms with Crippen LogP contribution in [0.2, 0.25) is 0 Å². The normalized spacial score (nSPS) is 23.5. The van der Waals surface area contributed by atoms with Crippen LogP contribution in [0, 0.1) is 5.92 Å². The molecule has 138 valence electrons. The van der Waals surface area contributed by atoms with Gasteiger partial charge in [0.1, 0.15) is 11.4 Å². The van der Waals surface area contributed by atoms with Crippen LogP contribution in [0.15, 0.2) is 30.3 Å². The minimum atomic E-state index is -0.00642. The van der Waals surface area contributed by atoms with E-state index in [1.54, 1.807) is 7.11 Å². The molecule has 26 heavy (non-hydrogen) atoms. The standard InChI is InChI=1S/C19H24N4O3/c1-22-8-13-9-23(15(10-22)12-26-11-13)19(24)18-7-17(20-21-18)14-3-5-16(25-2)6-4-14/h3-7,13,15H,8-12H2,1-2H3,(H,20,21)/t13-,15-/m0/s1. The fourth-order valence-electron chi connectivity index (χ4n) is 3.82. The van der Waals surface area contributed by atoms with Gasteiger partial charge in [-0.1, -0.05) is 0 Å². The van der Waals surface area contributed by atoms with Crippen molar-refractivity contribution in [2.24, 2.45) is 5.92 Å². The third-order valence-electron chi connectivity index (χ3n) is 5.11. The van der Waals surface area contributed by atoms with Gasteiger partial charge in [0.2, 0.25) is 0 Å². The van der Waals surface area contributed by atoms with Gasteiger partial charge < -0.3 is 19.3 Å². The lowest BCUT2D eigenvalue weighted by Crippen LogP contribution is -2.46. The third-order valence-corrected chi connectivity index (χ3v) is 5.11. The quantitative estimate of drug-likeness (QED) is 0.902. The van der Waals surface area contributed by atoms with Gasteiger partial charge in [0.25, 0.3) is 5.91 Å². The number of benzene rings is 1. The zero-order chi connectivity index (χ0) is 18.1. The molecule has 0 unspecified atom stereocenters. The maximum atomic E-state index is 13.1. The molecule has 4 rings (SSSR count). The molecule has 0 saturated carbocycles. The van der Waals surface area contributed by atoms with E-state index in [4.69, 9.17) is 9.47 Å². The summed E-state index contributed by atoms with van der Waals surface area (Å²) in [5.74, 6) is 1.13. The summed E-state index contributed by atoms with van der Waals surface area (Å²) in [6.07, 6.45) is 0. The van der Waals surface area contributed by atoms with Crippen LogP contribution in [-0.2, 0) is 4.74 Å². The Morgan fingerprint density at radius 2 is 2.04 bits per heavy atom. The van der Waals surface area contributed by atoms with E-state index in [0.29, 0.717) is 24.8 Å². The molecule has 2 aliphatic heterocycles. The highest BCUT2D eigenvalue weighted by Crippen LogP contribution is 2.24. The number of likely N-dealkylation sites (N-methyl/N-ethyl adjacent to an activating group) is 1. The van der Waals surface area contributed by atoms with Crippen molar-refractivity contribution in [3.63, 3.8) is 0 Å². The van der Waals surface area contributed by atoms with Crippen molar-refractivity contribution in [2.45, 2.75) is 6.04 Å². The van der Waals surface area contributed by atoms with Gasteiger partial charge in [0.15, 0.2) is 0 Å². The lowest BCUT2D eigenvalue weighted by atomic mass is 10.1. The van der Waals surface area contributed by atoms with E-state index < -0.39 is 0 Å². The van der Waals surface area contributed by atoms with Gasteiger partial charge in [-0.25, -0.2) is 0 Å². The SMILES string of the molecule is COc1ccc(-c2cc(C(=O)N3C[C@H]4COC[C@@H]3CN(C)C4)[nH]n2)cc1. The number of nitrogens with one attached hydrogen (secondary N) is 1. The third kappa shape index (κ3) is 3.32. The molecule has 2 atom stereocenters. The molecular formula is C19H24N4O3. The molecule has 2 aliphatic rings. The van der Waals surface area contributed by atoms with Gasteiger partial charge in [0, 0.05) is 31.1 Å². The van der Waals surface area contributed by atoms with Gasteiger partial charge >= 0.3 is 0 Å². The van der Waals surface area contributed by atoms with Crippen molar-refractivity contribution in [3.05, 3.63) is 36.0 Å². The number of carbonyl (C=O) groups excluding carboxylic acids is 1. The highest BCUT2D eigenvalue weighted by atomic mass is 16.5. The fourth-order valence-corrected chi connectivity index (χ4v) is 3.82. The Hall–Kier alpha value is -2.38. The molecule has 1 aromatic heterocycles. The number of H-pyrrole nitrogens is 1. The molecule has 1 aromatic carbocycles. The molecule has 0 spiro atoms. The second-order valence-corrected chi connectivity index (χ2v) is 7.13. The number of amides is 1. The van der Waals surface area contributed by atoms with Gasteiger partial charge in [0.05, 0.1) is 32.1 Å². The lowest BCUT2D eigenvalue weighted by molar-refractivity contribution is 0.0480. The molecule has 2 saturated heterocycles. The van der Waals surface area contributed by atoms with E-state index in [2.05, 4.69) is 22.1 Å². The summed E-state index contributed by atoms with van der Waals surface area (Å²) >= 11 is 0. The van der Waals surface area contributed by atoms with Crippen LogP contribution in [0.3, 0.4) is 0 Å². The molecule has 7 heteroatoms. The zero-order valence-corrected chi connectivity index (χ0v) is 15.1. The van der Waals surface area contributed by atoms with E-state index in [9.17, 15) is 4.79 Å². The summed E-state index contributed by atoms with van der Waals surface area (Å²) in [5, 5.41) is 7.24. The highest BCUT2D eigenvalue weighted by Gasteiger charge is 2.35. The van der Waals surface area contributed by atoms with E-state index in [1.807, 2.05) is 35.2 Å². The van der Waals surface area contributed by atoms with E-state index >= 15 is 0 Å². The molecule has 0 aliphatic carbocycles. The Labute approximate surface area is 152 Å². The summed E-state index contributed by atoms with van der Waals surface area (Å²) in [6.45, 7) is 3.82. The predicted molar refractivity (Wildman–Crippen MR) is 97.2 cm³/mol. The number of methoxy groups -OCH3 is 1. The number of fused-ring (bicyclic) bond motifs is 3. The first-order valence-electron chi connectivity index (χ1n) is 8.91. The topological polar surface area (TPSA) is 70.7 Å². The number of carbonyl (C=O) groups is 1. The van der Waals surface area contributed by atoms with Gasteiger partial charge in [-0.3, -0.25) is 9.89 Å². The summed E-state index contributed by atoms with van der Waals surface area (Å²) in [6, 6.07) is 9.54. The van der Waals surface area contributed by atoms with Crippen molar-refractivity contribution in [3.8, 4) is 17.0 Å². The largest absolute Gasteiger partial charge is 0.497 e. The van der Waals surface area contributed by atoms with E-state index in [0.717, 1.165) is 36.6 Å². The van der Waals surface area contributed by atoms with Crippen LogP contribution in [0.4, 0.5) is 0 Å². The molecule has 3 heterocycles. The summed E-state index contributed by atoms with van der Waals surface area (Å²) in [5.41, 5.74) is 2.21. The summed E-state index contributed by atoms with van der Waals surface area (Å²) < 4.78 is 10.9. The molecule has 7 nitrogen and oxygen atoms in total. The van der Waals surface area contributed by atoms with E-state index in [1.165, 1.54) is 0 Å². The molecule has 0 radical (unpaired) electrons. The smallest absolute Gasteiger partial charge is 0.272 e. The minimum absolute atomic E-state index is 0.00642. The number of rotatable bonds is 3. The monoisotopic (exact) mass is 356 g/mol. The number of nitrogens with zero attached hydrogens (tertiary/aromatic N) is 3. The molecular weight excluding hydrogens is 332 g/mol. The first-order chi connectivity index (χ1) is 12.6. The Morgan fingerprint density at radius 3 is 2.81 bits per heavy atom. The summed E-state index contributed by atoms with van der Waals surface area (Å²) in [4.78, 5) is 17.4. The maximum Gasteiger partial charge on any atom is 0.272 e. The lowest BCUT2D eigenvalue weighted by Gasteiger charge is -2.29. The number of ether oxygens (including phenoxy) is 2. The average Bonchev–Trinajstić information content (AvgIpc) is 2.98. The van der Waals surface area contributed by atoms with Gasteiger partial charge in [-0.2, -0.15) is 5.10 Å². The van der Waals surface area contributed by atoms with Gasteiger partial charge in [-0.15, -0.1) is 0 Å². The first-order valence-corrected chi connectivity index (χ1v) is 8.91. The van der Waals surface area contributed by atoms with Crippen LogP contribution in [0.25, 0.3) is 11.3 Å². The van der Waals surface area contributed by atoms with Crippen LogP contribution in [-0.4, -0.2) is 79.0 Å². The highest BCUT2D eigenvalue weighted by molar-refractivity contribution is 5.93. The Balaban J connectivity index is 1.55. The van der Waals surface area contributed by atoms with Gasteiger partial charge in [-0.05, 0) is 37.4 Å². The molecule has 2 aromatic rings. The Bertz CT molecular complexity index is 773. The fraction of sp³-hybridized carbons (Fsp3) is 0.474. The van der Waals surface area contributed by atoms with Crippen LogP contribution in [0.1, 0.15) is 10.5 Å².